The number of hydrogen-bond donors (Lipinski definition) is 1. The summed E-state index contributed by atoms with van der Waals surface area (Å²) in [7, 11) is 0. The molecular formula is C12H22N2S. The molecule has 1 heterocycles. The maximum atomic E-state index is 4.51. The van der Waals surface area contributed by atoms with Crippen LogP contribution in [0.15, 0.2) is 0 Å². The molecule has 3 heteroatoms. The van der Waals surface area contributed by atoms with Crippen molar-refractivity contribution in [2.75, 3.05) is 6.54 Å². The Morgan fingerprint density at radius 2 is 1.93 bits per heavy atom. The Labute approximate surface area is 97.1 Å². The number of hydrogen-bond acceptors (Lipinski definition) is 3. The summed E-state index contributed by atoms with van der Waals surface area (Å²) in [6.45, 7) is 14.2. The predicted molar refractivity (Wildman–Crippen MR) is 67.5 cm³/mol. The first-order valence-corrected chi connectivity index (χ1v) is 6.35. The minimum absolute atomic E-state index is 0.236. The van der Waals surface area contributed by atoms with Crippen LogP contribution in [-0.4, -0.2) is 11.5 Å². The minimum Gasteiger partial charge on any atom is -0.309 e. The molecule has 0 saturated carbocycles. The highest BCUT2D eigenvalue weighted by Crippen LogP contribution is 2.37. The van der Waals surface area contributed by atoms with Gasteiger partial charge in [0.15, 0.2) is 0 Å². The van der Waals surface area contributed by atoms with Crippen LogP contribution in [-0.2, 0) is 0 Å². The highest BCUT2D eigenvalue weighted by molar-refractivity contribution is 7.11. The van der Waals surface area contributed by atoms with Gasteiger partial charge in [-0.3, -0.25) is 0 Å². The zero-order valence-corrected chi connectivity index (χ0v) is 11.5. The third-order valence-corrected chi connectivity index (χ3v) is 3.61. The van der Waals surface area contributed by atoms with Gasteiger partial charge in [0.1, 0.15) is 0 Å². The molecule has 1 aromatic heterocycles. The zero-order valence-electron chi connectivity index (χ0n) is 10.6. The van der Waals surface area contributed by atoms with Crippen LogP contribution in [0.3, 0.4) is 0 Å². The number of aryl methyl sites for hydroxylation is 2. The van der Waals surface area contributed by atoms with E-state index in [4.69, 9.17) is 0 Å². The van der Waals surface area contributed by atoms with Gasteiger partial charge in [-0.1, -0.05) is 27.7 Å². The molecule has 0 bridgehead atoms. The first-order valence-electron chi connectivity index (χ1n) is 5.53. The van der Waals surface area contributed by atoms with Crippen LogP contribution >= 0.6 is 11.3 Å². The third-order valence-electron chi connectivity index (χ3n) is 2.48. The van der Waals surface area contributed by atoms with Gasteiger partial charge in [0.2, 0.25) is 0 Å². The summed E-state index contributed by atoms with van der Waals surface area (Å²) in [5, 5.41) is 4.73. The lowest BCUT2D eigenvalue weighted by atomic mass is 9.85. The van der Waals surface area contributed by atoms with Crippen LogP contribution in [0.5, 0.6) is 0 Å². The van der Waals surface area contributed by atoms with E-state index in [1.54, 1.807) is 0 Å². The summed E-state index contributed by atoms with van der Waals surface area (Å²) in [5.74, 6) is 0. The molecule has 15 heavy (non-hydrogen) atoms. The van der Waals surface area contributed by atoms with Crippen molar-refractivity contribution in [1.29, 1.82) is 0 Å². The van der Waals surface area contributed by atoms with E-state index in [0.717, 1.165) is 11.6 Å². The van der Waals surface area contributed by atoms with E-state index < -0.39 is 0 Å². The zero-order chi connectivity index (χ0) is 11.6. The van der Waals surface area contributed by atoms with Crippen molar-refractivity contribution in [2.45, 2.75) is 47.6 Å². The van der Waals surface area contributed by atoms with Crippen LogP contribution in [0.1, 0.15) is 49.3 Å². The first-order chi connectivity index (χ1) is 6.86. The smallest absolute Gasteiger partial charge is 0.0900 e. The van der Waals surface area contributed by atoms with Crippen LogP contribution in [0, 0.1) is 19.3 Å². The summed E-state index contributed by atoms with van der Waals surface area (Å²) >= 11 is 1.82. The number of nitrogens with zero attached hydrogens (tertiary/aromatic N) is 1. The number of rotatable bonds is 3. The Bertz CT molecular complexity index is 323. The highest BCUT2D eigenvalue weighted by atomic mass is 32.1. The molecule has 0 aliphatic heterocycles. The van der Waals surface area contributed by atoms with E-state index in [2.05, 4.69) is 51.8 Å². The molecule has 0 radical (unpaired) electrons. The van der Waals surface area contributed by atoms with Crippen LogP contribution in [0.25, 0.3) is 0 Å². The molecule has 1 atom stereocenters. The summed E-state index contributed by atoms with van der Waals surface area (Å²) in [4.78, 5) is 5.90. The molecule has 0 saturated heterocycles. The largest absolute Gasteiger partial charge is 0.309 e. The first kappa shape index (κ1) is 12.7. The average molecular weight is 226 g/mol. The van der Waals surface area contributed by atoms with Crippen LogP contribution in [0.4, 0.5) is 0 Å². The van der Waals surface area contributed by atoms with Crippen molar-refractivity contribution in [3.8, 4) is 0 Å². The maximum Gasteiger partial charge on any atom is 0.0900 e. The summed E-state index contributed by atoms with van der Waals surface area (Å²) in [5.41, 5.74) is 1.41. The van der Waals surface area contributed by atoms with Crippen molar-refractivity contribution in [3.63, 3.8) is 0 Å². The number of nitrogens with one attached hydrogen (secondary N) is 1. The standard InChI is InChI=1S/C12H22N2S/c1-7-13-11(12(4,5)6)10-8(2)14-9(3)15-10/h11,13H,7H2,1-6H3. The lowest BCUT2D eigenvalue weighted by molar-refractivity contribution is 0.279. The van der Waals surface area contributed by atoms with E-state index in [-0.39, 0.29) is 5.41 Å². The van der Waals surface area contributed by atoms with Gasteiger partial charge >= 0.3 is 0 Å². The second-order valence-electron chi connectivity index (χ2n) is 5.04. The monoisotopic (exact) mass is 226 g/mol. The Morgan fingerprint density at radius 1 is 1.33 bits per heavy atom. The van der Waals surface area contributed by atoms with Gasteiger partial charge in [-0.05, 0) is 25.8 Å². The minimum atomic E-state index is 0.236. The van der Waals surface area contributed by atoms with E-state index in [0.29, 0.717) is 6.04 Å². The van der Waals surface area contributed by atoms with E-state index in [1.807, 2.05) is 11.3 Å². The van der Waals surface area contributed by atoms with Crippen molar-refractivity contribution in [1.82, 2.24) is 10.3 Å². The molecule has 0 amide bonds. The van der Waals surface area contributed by atoms with E-state index >= 15 is 0 Å². The van der Waals surface area contributed by atoms with E-state index in [9.17, 15) is 0 Å². The summed E-state index contributed by atoms with van der Waals surface area (Å²) in [6, 6.07) is 0.411. The topological polar surface area (TPSA) is 24.9 Å². The lowest BCUT2D eigenvalue weighted by Gasteiger charge is -2.30. The Kier molecular flexibility index (Phi) is 3.90. The van der Waals surface area contributed by atoms with Gasteiger partial charge < -0.3 is 5.32 Å². The highest BCUT2D eigenvalue weighted by Gasteiger charge is 2.28. The molecule has 0 spiro atoms. The number of thiazole rings is 1. The molecule has 1 rings (SSSR count). The van der Waals surface area contributed by atoms with Gasteiger partial charge in [0.05, 0.1) is 10.7 Å². The summed E-state index contributed by atoms with van der Waals surface area (Å²) < 4.78 is 0. The van der Waals surface area contributed by atoms with Crippen molar-refractivity contribution < 1.29 is 0 Å². The second kappa shape index (κ2) is 4.62. The Hall–Kier alpha value is -0.410. The van der Waals surface area contributed by atoms with Crippen molar-refractivity contribution in [2.24, 2.45) is 5.41 Å². The van der Waals surface area contributed by atoms with Crippen LogP contribution < -0.4 is 5.32 Å². The van der Waals surface area contributed by atoms with Gasteiger partial charge in [0.25, 0.3) is 0 Å². The predicted octanol–water partition coefficient (Wildman–Crippen LogP) is 3.46. The van der Waals surface area contributed by atoms with Crippen LogP contribution in [0.2, 0.25) is 0 Å². The molecule has 0 aromatic carbocycles. The van der Waals surface area contributed by atoms with Gasteiger partial charge in [-0.25, -0.2) is 4.98 Å². The maximum absolute atomic E-state index is 4.51. The fraction of sp³-hybridized carbons (Fsp3) is 0.750. The molecule has 0 aliphatic rings. The van der Waals surface area contributed by atoms with Gasteiger partial charge in [-0.15, -0.1) is 11.3 Å². The molecule has 0 fully saturated rings. The molecule has 1 unspecified atom stereocenters. The lowest BCUT2D eigenvalue weighted by Crippen LogP contribution is -2.32. The fourth-order valence-corrected chi connectivity index (χ4v) is 3.06. The Morgan fingerprint density at radius 3 is 2.27 bits per heavy atom. The molecule has 0 aliphatic carbocycles. The van der Waals surface area contributed by atoms with Gasteiger partial charge in [-0.2, -0.15) is 0 Å². The molecule has 2 nitrogen and oxygen atoms in total. The van der Waals surface area contributed by atoms with E-state index in [1.165, 1.54) is 10.6 Å². The van der Waals surface area contributed by atoms with Crippen molar-refractivity contribution >= 4 is 11.3 Å². The normalized spacial score (nSPS) is 14.3. The third kappa shape index (κ3) is 3.02. The average Bonchev–Trinajstić information content (AvgIpc) is 2.39. The fourth-order valence-electron chi connectivity index (χ4n) is 1.81. The quantitative estimate of drug-likeness (QED) is 0.854. The molecular weight excluding hydrogens is 204 g/mol. The molecule has 1 N–H and O–H groups in total. The van der Waals surface area contributed by atoms with Crippen molar-refractivity contribution in [3.05, 3.63) is 15.6 Å². The SMILES string of the molecule is CCNC(c1sc(C)nc1C)C(C)(C)C. The number of aromatic nitrogens is 1. The second-order valence-corrected chi connectivity index (χ2v) is 6.27. The summed E-state index contributed by atoms with van der Waals surface area (Å²) in [6.07, 6.45) is 0. The van der Waals surface area contributed by atoms with Gasteiger partial charge in [0, 0.05) is 10.9 Å². The molecule has 1 aromatic rings. The molecule has 86 valence electrons. The Balaban J connectivity index is 3.04.